The number of nitrogens with two attached hydrogens (primary N) is 1. The van der Waals surface area contributed by atoms with Crippen LogP contribution in [0.15, 0.2) is 30.3 Å². The molecule has 1 aromatic carbocycles. The fourth-order valence-corrected chi connectivity index (χ4v) is 1.89. The molecule has 112 valence electrons. The molecule has 2 rings (SSSR count). The average Bonchev–Trinajstić information content (AvgIpc) is 2.41. The molecule has 1 heterocycles. The van der Waals surface area contributed by atoms with E-state index in [9.17, 15) is 13.2 Å². The predicted octanol–water partition coefficient (Wildman–Crippen LogP) is 3.97. The van der Waals surface area contributed by atoms with Crippen LogP contribution in [-0.2, 0) is 12.7 Å². The SMILES string of the molecule is Cc1ccc(Oc2nc(C(F)(F)F)ccc2CN)c(C)c1. The van der Waals surface area contributed by atoms with Crippen LogP contribution in [0.1, 0.15) is 22.4 Å². The third kappa shape index (κ3) is 3.52. The number of rotatable bonds is 3. The highest BCUT2D eigenvalue weighted by Gasteiger charge is 2.33. The van der Waals surface area contributed by atoms with Crippen LogP contribution in [0.5, 0.6) is 11.6 Å². The Morgan fingerprint density at radius 1 is 1.14 bits per heavy atom. The predicted molar refractivity (Wildman–Crippen MR) is 73.1 cm³/mol. The summed E-state index contributed by atoms with van der Waals surface area (Å²) in [6.07, 6.45) is -4.52. The first kappa shape index (κ1) is 15.3. The van der Waals surface area contributed by atoms with E-state index in [1.54, 1.807) is 6.07 Å². The number of alkyl halides is 3. The molecular formula is C15H15F3N2O. The highest BCUT2D eigenvalue weighted by Crippen LogP contribution is 2.32. The molecule has 0 saturated heterocycles. The average molecular weight is 296 g/mol. The second kappa shape index (κ2) is 5.73. The van der Waals surface area contributed by atoms with E-state index >= 15 is 0 Å². The van der Waals surface area contributed by atoms with Crippen molar-refractivity contribution in [2.75, 3.05) is 0 Å². The van der Waals surface area contributed by atoms with Gasteiger partial charge in [-0.15, -0.1) is 0 Å². The quantitative estimate of drug-likeness (QED) is 0.932. The van der Waals surface area contributed by atoms with E-state index < -0.39 is 11.9 Å². The number of halogens is 3. The van der Waals surface area contributed by atoms with E-state index in [1.807, 2.05) is 26.0 Å². The van der Waals surface area contributed by atoms with E-state index in [1.165, 1.54) is 6.07 Å². The molecule has 0 amide bonds. The zero-order chi connectivity index (χ0) is 15.6. The van der Waals surface area contributed by atoms with Gasteiger partial charge in [-0.2, -0.15) is 13.2 Å². The van der Waals surface area contributed by atoms with Gasteiger partial charge in [0.2, 0.25) is 5.88 Å². The Kier molecular flexibility index (Phi) is 4.18. The Labute approximate surface area is 120 Å². The van der Waals surface area contributed by atoms with Crippen molar-refractivity contribution >= 4 is 0 Å². The van der Waals surface area contributed by atoms with Gasteiger partial charge in [0.15, 0.2) is 0 Å². The summed E-state index contributed by atoms with van der Waals surface area (Å²) in [5.74, 6) is 0.349. The number of ether oxygens (including phenoxy) is 1. The standard InChI is InChI=1S/C15H15F3N2O/c1-9-3-5-12(10(2)7-9)21-14-11(8-19)4-6-13(20-14)15(16,17)18/h3-7H,8,19H2,1-2H3. The van der Waals surface area contributed by atoms with Gasteiger partial charge in [0.25, 0.3) is 0 Å². The molecule has 0 bridgehead atoms. The zero-order valence-corrected chi connectivity index (χ0v) is 11.7. The lowest BCUT2D eigenvalue weighted by Crippen LogP contribution is -2.11. The van der Waals surface area contributed by atoms with Crippen LogP contribution >= 0.6 is 0 Å². The molecule has 0 unspecified atom stereocenters. The van der Waals surface area contributed by atoms with Crippen LogP contribution in [0.25, 0.3) is 0 Å². The molecule has 0 fully saturated rings. The monoisotopic (exact) mass is 296 g/mol. The van der Waals surface area contributed by atoms with Crippen LogP contribution in [-0.4, -0.2) is 4.98 Å². The molecule has 6 heteroatoms. The molecule has 0 aliphatic carbocycles. The summed E-state index contributed by atoms with van der Waals surface area (Å²) in [7, 11) is 0. The molecule has 0 saturated carbocycles. The van der Waals surface area contributed by atoms with Gasteiger partial charge < -0.3 is 10.5 Å². The largest absolute Gasteiger partial charge is 0.438 e. The fourth-order valence-electron chi connectivity index (χ4n) is 1.89. The lowest BCUT2D eigenvalue weighted by molar-refractivity contribution is -0.141. The van der Waals surface area contributed by atoms with Crippen LogP contribution in [0.2, 0.25) is 0 Å². The maximum absolute atomic E-state index is 12.7. The van der Waals surface area contributed by atoms with Gasteiger partial charge in [0, 0.05) is 12.1 Å². The zero-order valence-electron chi connectivity index (χ0n) is 11.7. The fraction of sp³-hybridized carbons (Fsp3) is 0.267. The molecule has 2 N–H and O–H groups in total. The summed E-state index contributed by atoms with van der Waals surface area (Å²) in [6.45, 7) is 3.79. The molecule has 21 heavy (non-hydrogen) atoms. The minimum absolute atomic E-state index is 0.0470. The van der Waals surface area contributed by atoms with Crippen molar-refractivity contribution < 1.29 is 17.9 Å². The Hall–Kier alpha value is -2.08. The summed E-state index contributed by atoms with van der Waals surface area (Å²) < 4.78 is 43.7. The van der Waals surface area contributed by atoms with Crippen LogP contribution in [0.4, 0.5) is 13.2 Å². The number of aryl methyl sites for hydroxylation is 2. The van der Waals surface area contributed by atoms with Gasteiger partial charge in [-0.05, 0) is 31.5 Å². The smallest absolute Gasteiger partial charge is 0.433 e. The Balaban J connectivity index is 2.42. The minimum Gasteiger partial charge on any atom is -0.438 e. The third-order valence-electron chi connectivity index (χ3n) is 2.99. The number of pyridine rings is 1. The molecule has 0 atom stereocenters. The number of hydrogen-bond acceptors (Lipinski definition) is 3. The van der Waals surface area contributed by atoms with Gasteiger partial charge in [0.05, 0.1) is 0 Å². The second-order valence-corrected chi connectivity index (χ2v) is 4.73. The van der Waals surface area contributed by atoms with Crippen molar-refractivity contribution in [2.45, 2.75) is 26.6 Å². The Morgan fingerprint density at radius 2 is 1.86 bits per heavy atom. The Bertz CT molecular complexity index is 654. The normalized spacial score (nSPS) is 11.5. The molecular weight excluding hydrogens is 281 g/mol. The summed E-state index contributed by atoms with van der Waals surface area (Å²) >= 11 is 0. The molecule has 1 aromatic heterocycles. The topological polar surface area (TPSA) is 48.1 Å². The number of aromatic nitrogens is 1. The summed E-state index contributed by atoms with van der Waals surface area (Å²) in [5, 5.41) is 0. The van der Waals surface area contributed by atoms with Gasteiger partial charge in [-0.1, -0.05) is 23.8 Å². The lowest BCUT2D eigenvalue weighted by atomic mass is 10.1. The van der Waals surface area contributed by atoms with Crippen molar-refractivity contribution in [3.63, 3.8) is 0 Å². The van der Waals surface area contributed by atoms with Crippen LogP contribution in [0, 0.1) is 13.8 Å². The van der Waals surface area contributed by atoms with E-state index in [-0.39, 0.29) is 12.4 Å². The highest BCUT2D eigenvalue weighted by molar-refractivity contribution is 5.40. The van der Waals surface area contributed by atoms with Crippen molar-refractivity contribution in [3.8, 4) is 11.6 Å². The third-order valence-corrected chi connectivity index (χ3v) is 2.99. The second-order valence-electron chi connectivity index (χ2n) is 4.73. The Morgan fingerprint density at radius 3 is 2.43 bits per heavy atom. The summed E-state index contributed by atoms with van der Waals surface area (Å²) in [6, 6.07) is 7.59. The molecule has 0 spiro atoms. The van der Waals surface area contributed by atoms with Crippen molar-refractivity contribution in [3.05, 3.63) is 52.7 Å². The first-order valence-corrected chi connectivity index (χ1v) is 6.33. The van der Waals surface area contributed by atoms with Crippen LogP contribution in [0.3, 0.4) is 0 Å². The first-order chi connectivity index (χ1) is 9.81. The van der Waals surface area contributed by atoms with Crippen LogP contribution < -0.4 is 10.5 Å². The van der Waals surface area contributed by atoms with E-state index in [2.05, 4.69) is 4.98 Å². The highest BCUT2D eigenvalue weighted by atomic mass is 19.4. The van der Waals surface area contributed by atoms with Crippen molar-refractivity contribution in [2.24, 2.45) is 5.73 Å². The van der Waals surface area contributed by atoms with E-state index in [4.69, 9.17) is 10.5 Å². The molecule has 2 aromatic rings. The van der Waals surface area contributed by atoms with Crippen molar-refractivity contribution in [1.29, 1.82) is 0 Å². The van der Waals surface area contributed by atoms with Gasteiger partial charge in [-0.3, -0.25) is 0 Å². The number of nitrogens with zero attached hydrogens (tertiary/aromatic N) is 1. The molecule has 3 nitrogen and oxygen atoms in total. The maximum atomic E-state index is 12.7. The molecule has 0 aliphatic rings. The van der Waals surface area contributed by atoms with E-state index in [0.29, 0.717) is 11.3 Å². The number of hydrogen-bond donors (Lipinski definition) is 1. The minimum atomic E-state index is -4.52. The van der Waals surface area contributed by atoms with Gasteiger partial charge in [-0.25, -0.2) is 4.98 Å². The van der Waals surface area contributed by atoms with Crippen molar-refractivity contribution in [1.82, 2.24) is 4.98 Å². The summed E-state index contributed by atoms with van der Waals surface area (Å²) in [4.78, 5) is 3.55. The first-order valence-electron chi connectivity index (χ1n) is 6.33. The van der Waals surface area contributed by atoms with Gasteiger partial charge >= 0.3 is 6.18 Å². The summed E-state index contributed by atoms with van der Waals surface area (Å²) in [5.41, 5.74) is 6.80. The van der Waals surface area contributed by atoms with Gasteiger partial charge in [0.1, 0.15) is 11.4 Å². The lowest BCUT2D eigenvalue weighted by Gasteiger charge is -2.14. The molecule has 0 aliphatic heterocycles. The maximum Gasteiger partial charge on any atom is 0.433 e. The molecule has 0 radical (unpaired) electrons. The van der Waals surface area contributed by atoms with E-state index in [0.717, 1.165) is 17.2 Å². The number of benzene rings is 1.